The van der Waals surface area contributed by atoms with Crippen LogP contribution in [-0.2, 0) is 23.8 Å². The maximum Gasteiger partial charge on any atom is 0.433 e. The van der Waals surface area contributed by atoms with Gasteiger partial charge in [-0.1, -0.05) is 23.2 Å². The highest BCUT2D eigenvalue weighted by molar-refractivity contribution is 6.45. The van der Waals surface area contributed by atoms with Crippen molar-refractivity contribution in [3.8, 4) is 11.1 Å². The van der Waals surface area contributed by atoms with Crippen LogP contribution in [0.25, 0.3) is 22.0 Å². The average molecular weight is 512 g/mol. The number of amides is 1. The lowest BCUT2D eigenvalue weighted by molar-refractivity contribution is -0.141. The Bertz CT molecular complexity index is 1300. The quantitative estimate of drug-likeness (QED) is 0.467. The Balaban J connectivity index is 1.63. The van der Waals surface area contributed by atoms with Gasteiger partial charge in [0.15, 0.2) is 0 Å². The molecule has 1 unspecified atom stereocenters. The molecule has 1 fully saturated rings. The lowest BCUT2D eigenvalue weighted by Gasteiger charge is -2.34. The minimum Gasteiger partial charge on any atom is -0.384 e. The molecule has 34 heavy (non-hydrogen) atoms. The molecule has 1 saturated heterocycles. The number of aliphatic hydroxyl groups is 1. The second-order valence-electron chi connectivity index (χ2n) is 9.34. The van der Waals surface area contributed by atoms with Gasteiger partial charge in [-0.05, 0) is 72.9 Å². The van der Waals surface area contributed by atoms with Gasteiger partial charge in [0.25, 0.3) is 5.91 Å². The molecule has 0 radical (unpaired) electrons. The number of H-pyrrole nitrogens is 1. The number of aromatic amines is 1. The average Bonchev–Trinajstić information content (AvgIpc) is 3.37. The molecule has 2 aliphatic rings. The van der Waals surface area contributed by atoms with Crippen LogP contribution in [0.1, 0.15) is 36.7 Å². The first-order valence-corrected chi connectivity index (χ1v) is 11.8. The number of carbonyl (C=O) groups is 1. The standard InChI is InChI=1S/C24H22Cl2F3N3O2/c1-12(33)22(34)32-7-5-23(11-32)4-2-17-15(10-23)19-14(9-16(25)20(26)21(19)31-17)13-3-6-30-18(8-13)24(27,28)29/h3,6,8-9,12,31,33H,2,4-5,7,10-11H2,1H3/t12-,23?/m1/s1. The number of fused-ring (bicyclic) bond motifs is 3. The maximum absolute atomic E-state index is 13.3. The monoisotopic (exact) mass is 511 g/mol. The van der Waals surface area contributed by atoms with Crippen molar-refractivity contribution in [3.63, 3.8) is 0 Å². The molecule has 2 atom stereocenters. The minimum atomic E-state index is -4.57. The van der Waals surface area contributed by atoms with Crippen LogP contribution in [0.2, 0.25) is 10.0 Å². The van der Waals surface area contributed by atoms with Crippen molar-refractivity contribution >= 4 is 40.0 Å². The molecule has 0 bridgehead atoms. The van der Waals surface area contributed by atoms with E-state index >= 15 is 0 Å². The van der Waals surface area contributed by atoms with Gasteiger partial charge in [0.1, 0.15) is 11.8 Å². The maximum atomic E-state index is 13.3. The summed E-state index contributed by atoms with van der Waals surface area (Å²) in [4.78, 5) is 20.9. The fraction of sp³-hybridized carbons (Fsp3) is 0.417. The van der Waals surface area contributed by atoms with Gasteiger partial charge < -0.3 is 15.0 Å². The zero-order valence-corrected chi connectivity index (χ0v) is 19.8. The van der Waals surface area contributed by atoms with Gasteiger partial charge in [-0.15, -0.1) is 0 Å². The third-order valence-corrected chi connectivity index (χ3v) is 7.87. The summed E-state index contributed by atoms with van der Waals surface area (Å²) >= 11 is 12.9. The smallest absolute Gasteiger partial charge is 0.384 e. The molecular weight excluding hydrogens is 490 g/mol. The molecular formula is C24H22Cl2F3N3O2. The van der Waals surface area contributed by atoms with E-state index in [1.807, 2.05) is 0 Å². The zero-order valence-electron chi connectivity index (χ0n) is 18.3. The Hall–Kier alpha value is -2.29. The summed E-state index contributed by atoms with van der Waals surface area (Å²) in [7, 11) is 0. The Morgan fingerprint density at radius 2 is 2.06 bits per heavy atom. The van der Waals surface area contributed by atoms with Crippen molar-refractivity contribution in [1.82, 2.24) is 14.9 Å². The molecule has 0 saturated carbocycles. The number of aliphatic hydroxyl groups excluding tert-OH is 1. The largest absolute Gasteiger partial charge is 0.433 e. The van der Waals surface area contributed by atoms with Crippen molar-refractivity contribution in [2.75, 3.05) is 13.1 Å². The van der Waals surface area contributed by atoms with Crippen LogP contribution in [0, 0.1) is 5.41 Å². The molecule has 1 aromatic carbocycles. The molecule has 1 spiro atoms. The molecule has 3 heterocycles. The van der Waals surface area contributed by atoms with E-state index in [2.05, 4.69) is 9.97 Å². The topological polar surface area (TPSA) is 69.2 Å². The lowest BCUT2D eigenvalue weighted by Crippen LogP contribution is -2.39. The number of likely N-dealkylation sites (tertiary alicyclic amines) is 1. The number of nitrogens with one attached hydrogen (secondary N) is 1. The predicted molar refractivity (Wildman–Crippen MR) is 124 cm³/mol. The van der Waals surface area contributed by atoms with Crippen molar-refractivity contribution in [1.29, 1.82) is 0 Å². The zero-order chi connectivity index (χ0) is 24.4. The fourth-order valence-corrected chi connectivity index (χ4v) is 5.81. The lowest BCUT2D eigenvalue weighted by atomic mass is 9.72. The first-order chi connectivity index (χ1) is 16.0. The highest BCUT2D eigenvalue weighted by Crippen LogP contribution is 2.49. The van der Waals surface area contributed by atoms with E-state index in [1.165, 1.54) is 13.0 Å². The molecule has 5 nitrogen and oxygen atoms in total. The number of aromatic nitrogens is 2. The second-order valence-corrected chi connectivity index (χ2v) is 10.1. The van der Waals surface area contributed by atoms with Crippen LogP contribution < -0.4 is 0 Å². The first-order valence-electron chi connectivity index (χ1n) is 11.0. The highest BCUT2D eigenvalue weighted by Gasteiger charge is 2.44. The van der Waals surface area contributed by atoms with E-state index in [-0.39, 0.29) is 16.3 Å². The number of benzene rings is 1. The van der Waals surface area contributed by atoms with E-state index in [4.69, 9.17) is 23.2 Å². The van der Waals surface area contributed by atoms with Crippen LogP contribution in [0.4, 0.5) is 13.2 Å². The van der Waals surface area contributed by atoms with E-state index in [1.54, 1.807) is 11.0 Å². The van der Waals surface area contributed by atoms with Crippen molar-refractivity contribution in [3.05, 3.63) is 51.4 Å². The van der Waals surface area contributed by atoms with Crippen molar-refractivity contribution in [2.24, 2.45) is 5.41 Å². The van der Waals surface area contributed by atoms with E-state index in [0.29, 0.717) is 41.2 Å². The summed E-state index contributed by atoms with van der Waals surface area (Å²) in [5.41, 5.74) is 2.35. The molecule has 1 aliphatic carbocycles. The van der Waals surface area contributed by atoms with Crippen molar-refractivity contribution in [2.45, 2.75) is 44.9 Å². The number of nitrogens with zero attached hydrogens (tertiary/aromatic N) is 2. The predicted octanol–water partition coefficient (Wildman–Crippen LogP) is 5.64. The molecule has 1 aliphatic heterocycles. The summed E-state index contributed by atoms with van der Waals surface area (Å²) < 4.78 is 40.0. The number of alkyl halides is 3. The van der Waals surface area contributed by atoms with Gasteiger partial charge in [0.05, 0.1) is 15.6 Å². The number of aryl methyl sites for hydroxylation is 1. The molecule has 3 aromatic rings. The summed E-state index contributed by atoms with van der Waals surface area (Å²) in [5.74, 6) is -0.284. The Morgan fingerprint density at radius 1 is 1.29 bits per heavy atom. The summed E-state index contributed by atoms with van der Waals surface area (Å²) in [6, 6.07) is 4.16. The van der Waals surface area contributed by atoms with Crippen LogP contribution in [0.15, 0.2) is 24.4 Å². The van der Waals surface area contributed by atoms with E-state index < -0.39 is 18.0 Å². The van der Waals surface area contributed by atoms with Crippen LogP contribution >= 0.6 is 23.2 Å². The number of hydrogen-bond donors (Lipinski definition) is 2. The molecule has 10 heteroatoms. The van der Waals surface area contributed by atoms with Gasteiger partial charge in [0, 0.05) is 30.4 Å². The molecule has 2 N–H and O–H groups in total. The number of rotatable bonds is 2. The fourth-order valence-electron chi connectivity index (χ4n) is 5.41. The van der Waals surface area contributed by atoms with Gasteiger partial charge >= 0.3 is 6.18 Å². The first kappa shape index (κ1) is 23.5. The van der Waals surface area contributed by atoms with Crippen LogP contribution in [0.5, 0.6) is 0 Å². The summed E-state index contributed by atoms with van der Waals surface area (Å²) in [6.45, 7) is 2.57. The van der Waals surface area contributed by atoms with Crippen LogP contribution in [0.3, 0.4) is 0 Å². The third kappa shape index (κ3) is 3.85. The number of halogens is 5. The normalized spacial score (nSPS) is 21.3. The molecule has 5 rings (SSSR count). The second kappa shape index (κ2) is 8.14. The van der Waals surface area contributed by atoms with E-state index in [0.717, 1.165) is 48.2 Å². The molecule has 1 amide bonds. The minimum absolute atomic E-state index is 0.161. The number of pyridine rings is 1. The van der Waals surface area contributed by atoms with Crippen molar-refractivity contribution < 1.29 is 23.1 Å². The van der Waals surface area contributed by atoms with Gasteiger partial charge in [-0.3, -0.25) is 9.78 Å². The summed E-state index contributed by atoms with van der Waals surface area (Å²) in [6.07, 6.45) is -1.47. The number of carbonyl (C=O) groups excluding carboxylic acids is 1. The van der Waals surface area contributed by atoms with Gasteiger partial charge in [-0.2, -0.15) is 13.2 Å². The summed E-state index contributed by atoms with van der Waals surface area (Å²) in [5, 5.41) is 11.0. The van der Waals surface area contributed by atoms with Crippen LogP contribution in [-0.4, -0.2) is 45.1 Å². The Kier molecular flexibility index (Phi) is 5.61. The van der Waals surface area contributed by atoms with Gasteiger partial charge in [0.2, 0.25) is 0 Å². The van der Waals surface area contributed by atoms with E-state index in [9.17, 15) is 23.1 Å². The third-order valence-electron chi connectivity index (χ3n) is 7.09. The Morgan fingerprint density at radius 3 is 2.76 bits per heavy atom. The van der Waals surface area contributed by atoms with Gasteiger partial charge in [-0.25, -0.2) is 0 Å². The molecule has 2 aromatic heterocycles. The SMILES string of the molecule is C[C@@H](O)C(=O)N1CCC2(CCc3[nH]c4c(Cl)c(Cl)cc(-c5ccnc(C(F)(F)F)c5)c4c3C2)C1. The highest BCUT2D eigenvalue weighted by atomic mass is 35.5. The molecule has 180 valence electrons. The number of hydrogen-bond acceptors (Lipinski definition) is 3. The Labute approximate surface area is 203 Å².